The summed E-state index contributed by atoms with van der Waals surface area (Å²) in [6, 6.07) is 9.46. The molecule has 0 fully saturated rings. The fourth-order valence-corrected chi connectivity index (χ4v) is 2.38. The molecule has 0 aliphatic heterocycles. The van der Waals surface area contributed by atoms with Crippen LogP contribution in [0.2, 0.25) is 5.02 Å². The molecule has 2 aromatic carbocycles. The van der Waals surface area contributed by atoms with Gasteiger partial charge in [0.25, 0.3) is 11.8 Å². The Kier molecular flexibility index (Phi) is 8.05. The highest BCUT2D eigenvalue weighted by Crippen LogP contribution is 2.28. The number of ether oxygens (including phenoxy) is 3. The zero-order valence-electron chi connectivity index (χ0n) is 15.7. The van der Waals surface area contributed by atoms with Crippen LogP contribution in [0.5, 0.6) is 17.2 Å². The lowest BCUT2D eigenvalue weighted by atomic mass is 10.2. The van der Waals surface area contributed by atoms with Crippen LogP contribution in [0.25, 0.3) is 0 Å². The lowest BCUT2D eigenvalue weighted by Crippen LogP contribution is -2.20. The van der Waals surface area contributed by atoms with Crippen molar-refractivity contribution in [2.24, 2.45) is 10.8 Å². The van der Waals surface area contributed by atoms with Crippen molar-refractivity contribution in [3.63, 3.8) is 0 Å². The lowest BCUT2D eigenvalue weighted by molar-refractivity contribution is -0.119. The molecule has 152 valence electrons. The van der Waals surface area contributed by atoms with E-state index in [1.54, 1.807) is 36.4 Å². The zero-order valence-corrected chi connectivity index (χ0v) is 16.4. The molecule has 29 heavy (non-hydrogen) atoms. The second-order valence-electron chi connectivity index (χ2n) is 5.60. The summed E-state index contributed by atoms with van der Waals surface area (Å²) >= 11 is 5.97. The van der Waals surface area contributed by atoms with Crippen LogP contribution in [-0.2, 0) is 4.79 Å². The Morgan fingerprint density at radius 1 is 1.17 bits per heavy atom. The normalized spacial score (nSPS) is 10.4. The Morgan fingerprint density at radius 3 is 2.62 bits per heavy atom. The fourth-order valence-electron chi connectivity index (χ4n) is 2.20. The topological polar surface area (TPSA) is 112 Å². The number of hydrogen-bond donors (Lipinski definition) is 2. The third-order valence-electron chi connectivity index (χ3n) is 3.49. The van der Waals surface area contributed by atoms with Gasteiger partial charge in [-0.3, -0.25) is 9.59 Å². The van der Waals surface area contributed by atoms with Gasteiger partial charge in [0.15, 0.2) is 18.1 Å². The van der Waals surface area contributed by atoms with Crippen molar-refractivity contribution in [1.29, 1.82) is 0 Å². The van der Waals surface area contributed by atoms with Gasteiger partial charge < -0.3 is 19.9 Å². The predicted octanol–water partition coefficient (Wildman–Crippen LogP) is 2.54. The van der Waals surface area contributed by atoms with Crippen LogP contribution in [0.3, 0.4) is 0 Å². The molecule has 0 spiro atoms. The van der Waals surface area contributed by atoms with Gasteiger partial charge in [-0.15, -0.1) is 0 Å². The maximum absolute atomic E-state index is 12.3. The number of carbonyl (C=O) groups excluding carboxylic acids is 2. The molecule has 3 N–H and O–H groups in total. The van der Waals surface area contributed by atoms with Gasteiger partial charge in [0, 0.05) is 16.1 Å². The maximum atomic E-state index is 12.3. The second-order valence-corrected chi connectivity index (χ2v) is 6.04. The van der Waals surface area contributed by atoms with E-state index in [1.165, 1.54) is 19.4 Å². The van der Waals surface area contributed by atoms with Crippen LogP contribution in [0.4, 0.5) is 0 Å². The summed E-state index contributed by atoms with van der Waals surface area (Å²) in [7, 11) is 1.47. The molecule has 0 atom stereocenters. The minimum absolute atomic E-state index is 0.297. The van der Waals surface area contributed by atoms with E-state index in [0.29, 0.717) is 40.0 Å². The van der Waals surface area contributed by atoms with Gasteiger partial charge in [0.05, 0.1) is 13.3 Å². The van der Waals surface area contributed by atoms with Gasteiger partial charge in [0.1, 0.15) is 12.4 Å². The van der Waals surface area contributed by atoms with Crippen molar-refractivity contribution >= 4 is 29.6 Å². The highest BCUT2D eigenvalue weighted by atomic mass is 35.5. The Labute approximate surface area is 172 Å². The highest BCUT2D eigenvalue weighted by Gasteiger charge is 2.11. The summed E-state index contributed by atoms with van der Waals surface area (Å²) < 4.78 is 16.0. The maximum Gasteiger partial charge on any atom is 0.271 e. The number of primary amides is 1. The molecule has 2 amide bonds. The van der Waals surface area contributed by atoms with E-state index in [-0.39, 0.29) is 6.61 Å². The first kappa shape index (κ1) is 21.8. The third-order valence-corrected chi connectivity index (χ3v) is 3.73. The zero-order chi connectivity index (χ0) is 21.2. The van der Waals surface area contributed by atoms with E-state index in [4.69, 9.17) is 31.5 Å². The molecule has 9 heteroatoms. The molecule has 0 aliphatic carbocycles. The number of halogens is 1. The van der Waals surface area contributed by atoms with Crippen LogP contribution in [0, 0.1) is 0 Å². The fraction of sp³-hybridized carbons (Fsp3) is 0.150. The summed E-state index contributed by atoms with van der Waals surface area (Å²) in [6.07, 6.45) is 2.95. The second kappa shape index (κ2) is 10.7. The van der Waals surface area contributed by atoms with Gasteiger partial charge in [-0.2, -0.15) is 5.10 Å². The molecule has 2 rings (SSSR count). The number of nitrogens with two attached hydrogens (primary N) is 1. The average molecular weight is 418 g/mol. The van der Waals surface area contributed by atoms with Gasteiger partial charge in [-0.25, -0.2) is 5.43 Å². The number of benzene rings is 2. The number of rotatable bonds is 10. The number of hydrogen-bond acceptors (Lipinski definition) is 6. The standard InChI is InChI=1S/C20H20ClN3O5/c1-3-8-28-17-6-4-13(10-18(17)27-2)20(26)24-23-11-14-9-15(21)5-7-16(14)29-12-19(22)25/h3-7,9-11H,1,8,12H2,2H3,(H2,22,25)(H,24,26)/b23-11+. The van der Waals surface area contributed by atoms with E-state index in [9.17, 15) is 9.59 Å². The van der Waals surface area contributed by atoms with Crippen LogP contribution in [-0.4, -0.2) is 38.4 Å². The quantitative estimate of drug-likeness (QED) is 0.350. The molecule has 0 bridgehead atoms. The number of carbonyl (C=O) groups is 2. The van der Waals surface area contributed by atoms with Gasteiger partial charge in [-0.05, 0) is 36.4 Å². The molecular weight excluding hydrogens is 398 g/mol. The number of amides is 2. The number of hydrazone groups is 1. The Bertz CT molecular complexity index is 930. The van der Waals surface area contributed by atoms with E-state index < -0.39 is 11.8 Å². The number of nitrogens with one attached hydrogen (secondary N) is 1. The van der Waals surface area contributed by atoms with Crippen LogP contribution in [0.1, 0.15) is 15.9 Å². The first-order valence-corrected chi connectivity index (χ1v) is 8.78. The van der Waals surface area contributed by atoms with Crippen LogP contribution < -0.4 is 25.4 Å². The highest BCUT2D eigenvalue weighted by molar-refractivity contribution is 6.30. The predicted molar refractivity (Wildman–Crippen MR) is 110 cm³/mol. The molecule has 0 radical (unpaired) electrons. The lowest BCUT2D eigenvalue weighted by Gasteiger charge is -2.10. The van der Waals surface area contributed by atoms with Crippen molar-refractivity contribution in [2.75, 3.05) is 20.3 Å². The molecule has 0 unspecified atom stereocenters. The molecule has 0 aromatic heterocycles. The first-order chi connectivity index (χ1) is 13.9. The van der Waals surface area contributed by atoms with E-state index in [1.807, 2.05) is 0 Å². The van der Waals surface area contributed by atoms with Crippen LogP contribution >= 0.6 is 11.6 Å². The summed E-state index contributed by atoms with van der Waals surface area (Å²) in [5.74, 6) is 0.154. The molecule has 0 saturated carbocycles. The summed E-state index contributed by atoms with van der Waals surface area (Å²) in [6.45, 7) is 3.60. The molecule has 2 aromatic rings. The minimum Gasteiger partial charge on any atom is -0.493 e. The Morgan fingerprint density at radius 2 is 1.93 bits per heavy atom. The molecule has 8 nitrogen and oxygen atoms in total. The smallest absolute Gasteiger partial charge is 0.271 e. The van der Waals surface area contributed by atoms with Gasteiger partial charge in [0.2, 0.25) is 0 Å². The number of methoxy groups -OCH3 is 1. The summed E-state index contributed by atoms with van der Waals surface area (Å²) in [4.78, 5) is 23.2. The van der Waals surface area contributed by atoms with Gasteiger partial charge >= 0.3 is 0 Å². The van der Waals surface area contributed by atoms with E-state index >= 15 is 0 Å². The monoisotopic (exact) mass is 417 g/mol. The summed E-state index contributed by atoms with van der Waals surface area (Å²) in [5.41, 5.74) is 8.27. The van der Waals surface area contributed by atoms with Crippen molar-refractivity contribution in [3.8, 4) is 17.2 Å². The molecule has 0 aliphatic rings. The molecular formula is C20H20ClN3O5. The van der Waals surface area contributed by atoms with Crippen molar-refractivity contribution in [2.45, 2.75) is 0 Å². The minimum atomic E-state index is -0.620. The van der Waals surface area contributed by atoms with Crippen molar-refractivity contribution in [1.82, 2.24) is 5.43 Å². The molecule has 0 saturated heterocycles. The van der Waals surface area contributed by atoms with E-state index in [2.05, 4.69) is 17.1 Å². The SMILES string of the molecule is C=CCOc1ccc(C(=O)N/N=C/c2cc(Cl)ccc2OCC(N)=O)cc1OC. The Balaban J connectivity index is 2.10. The van der Waals surface area contributed by atoms with Crippen molar-refractivity contribution in [3.05, 3.63) is 65.2 Å². The van der Waals surface area contributed by atoms with E-state index in [0.717, 1.165) is 0 Å². The third kappa shape index (κ3) is 6.54. The van der Waals surface area contributed by atoms with Gasteiger partial charge in [-0.1, -0.05) is 24.3 Å². The van der Waals surface area contributed by atoms with Crippen molar-refractivity contribution < 1.29 is 23.8 Å². The Hall–Kier alpha value is -3.52. The summed E-state index contributed by atoms with van der Waals surface area (Å²) in [5, 5.41) is 4.34. The average Bonchev–Trinajstić information content (AvgIpc) is 2.71. The number of nitrogens with zero attached hydrogens (tertiary/aromatic N) is 1. The molecule has 0 heterocycles. The largest absolute Gasteiger partial charge is 0.493 e. The first-order valence-electron chi connectivity index (χ1n) is 8.40. The van der Waals surface area contributed by atoms with Crippen LogP contribution in [0.15, 0.2) is 54.2 Å².